The topological polar surface area (TPSA) is 99.6 Å². The van der Waals surface area contributed by atoms with E-state index in [-0.39, 0.29) is 23.9 Å². The Morgan fingerprint density at radius 3 is 2.75 bits per heavy atom. The van der Waals surface area contributed by atoms with Gasteiger partial charge in [0.1, 0.15) is 11.9 Å². The van der Waals surface area contributed by atoms with Crippen molar-refractivity contribution in [2.75, 3.05) is 11.4 Å². The minimum absolute atomic E-state index is 0.0309. The van der Waals surface area contributed by atoms with Gasteiger partial charge >= 0.3 is 5.97 Å². The monoisotopic (exact) mass is 277 g/mol. The van der Waals surface area contributed by atoms with Crippen LogP contribution in [0.3, 0.4) is 0 Å². The summed E-state index contributed by atoms with van der Waals surface area (Å²) in [6.45, 7) is 3.45. The minimum Gasteiger partial charge on any atom is -0.478 e. The number of aromatic nitrogens is 1. The molecule has 106 valence electrons. The Morgan fingerprint density at radius 1 is 1.50 bits per heavy atom. The summed E-state index contributed by atoms with van der Waals surface area (Å²) in [7, 11) is 0. The van der Waals surface area contributed by atoms with E-state index >= 15 is 0 Å². The third-order valence-corrected chi connectivity index (χ3v) is 3.24. The largest absolute Gasteiger partial charge is 0.478 e. The van der Waals surface area contributed by atoms with E-state index in [4.69, 9.17) is 5.11 Å². The Kier molecular flexibility index (Phi) is 3.69. The molecule has 1 aromatic rings. The molecule has 2 heterocycles. The zero-order valence-electron chi connectivity index (χ0n) is 11.2. The Balaban J connectivity index is 2.38. The van der Waals surface area contributed by atoms with E-state index in [2.05, 4.69) is 10.3 Å². The van der Waals surface area contributed by atoms with Crippen LogP contribution in [0.4, 0.5) is 5.82 Å². The molecule has 7 nitrogen and oxygen atoms in total. The minimum atomic E-state index is -1.05. The lowest BCUT2D eigenvalue weighted by atomic mass is 10.1. The maximum atomic E-state index is 11.8. The Bertz CT molecular complexity index is 585. The van der Waals surface area contributed by atoms with E-state index in [1.165, 1.54) is 12.1 Å². The van der Waals surface area contributed by atoms with Gasteiger partial charge in [-0.15, -0.1) is 0 Å². The summed E-state index contributed by atoms with van der Waals surface area (Å²) in [5.41, 5.74) is 0.456. The molecule has 2 rings (SSSR count). The number of imide groups is 1. The van der Waals surface area contributed by atoms with Gasteiger partial charge in [-0.05, 0) is 25.5 Å². The Hall–Kier alpha value is -2.44. The van der Waals surface area contributed by atoms with E-state index in [0.717, 1.165) is 0 Å². The van der Waals surface area contributed by atoms with E-state index in [9.17, 15) is 14.4 Å². The van der Waals surface area contributed by atoms with Crippen LogP contribution in [-0.4, -0.2) is 40.5 Å². The SMILES string of the molecule is CCC1C(=O)NC(=O)CN1c1ccc(C(=O)O)c(C)n1. The highest BCUT2D eigenvalue weighted by Gasteiger charge is 2.33. The van der Waals surface area contributed by atoms with Gasteiger partial charge in [-0.25, -0.2) is 9.78 Å². The first-order chi connectivity index (χ1) is 9.43. The molecular weight excluding hydrogens is 262 g/mol. The molecule has 1 atom stereocenters. The van der Waals surface area contributed by atoms with Gasteiger partial charge in [0.15, 0.2) is 0 Å². The number of carboxylic acids is 1. The average Bonchev–Trinajstić information content (AvgIpc) is 2.37. The molecule has 1 aromatic heterocycles. The van der Waals surface area contributed by atoms with Crippen LogP contribution in [0.5, 0.6) is 0 Å². The van der Waals surface area contributed by atoms with Gasteiger partial charge in [0, 0.05) is 0 Å². The first kappa shape index (κ1) is 14.0. The standard InChI is InChI=1S/C13H15N3O4/c1-3-9-12(18)15-11(17)6-16(9)10-5-4-8(13(19)20)7(2)14-10/h4-5,9H,3,6H2,1-2H3,(H,19,20)(H,15,17,18). The molecule has 0 spiro atoms. The van der Waals surface area contributed by atoms with Crippen molar-refractivity contribution >= 4 is 23.6 Å². The van der Waals surface area contributed by atoms with Gasteiger partial charge < -0.3 is 10.0 Å². The van der Waals surface area contributed by atoms with Gasteiger partial charge in [0.2, 0.25) is 11.8 Å². The molecule has 2 amide bonds. The molecule has 1 aliphatic heterocycles. The zero-order valence-corrected chi connectivity index (χ0v) is 11.2. The summed E-state index contributed by atoms with van der Waals surface area (Å²) in [5.74, 6) is -1.37. The second-order valence-corrected chi connectivity index (χ2v) is 4.57. The second-order valence-electron chi connectivity index (χ2n) is 4.57. The fraction of sp³-hybridized carbons (Fsp3) is 0.385. The summed E-state index contributed by atoms with van der Waals surface area (Å²) >= 11 is 0. The van der Waals surface area contributed by atoms with Crippen molar-refractivity contribution in [3.63, 3.8) is 0 Å². The molecule has 1 unspecified atom stereocenters. The van der Waals surface area contributed by atoms with Crippen molar-refractivity contribution in [3.05, 3.63) is 23.4 Å². The van der Waals surface area contributed by atoms with Crippen molar-refractivity contribution in [3.8, 4) is 0 Å². The lowest BCUT2D eigenvalue weighted by Gasteiger charge is -2.34. The van der Waals surface area contributed by atoms with Crippen LogP contribution in [0.1, 0.15) is 29.4 Å². The van der Waals surface area contributed by atoms with Gasteiger partial charge in [-0.3, -0.25) is 14.9 Å². The molecule has 20 heavy (non-hydrogen) atoms. The summed E-state index contributed by atoms with van der Waals surface area (Å²) in [5, 5.41) is 11.3. The normalized spacial score (nSPS) is 18.9. The van der Waals surface area contributed by atoms with Crippen LogP contribution in [0.2, 0.25) is 0 Å². The number of hydrogen-bond donors (Lipinski definition) is 2. The van der Waals surface area contributed by atoms with Crippen LogP contribution in [0.15, 0.2) is 12.1 Å². The molecule has 0 bridgehead atoms. The molecule has 0 aliphatic carbocycles. The third kappa shape index (κ3) is 2.47. The first-order valence-electron chi connectivity index (χ1n) is 6.25. The van der Waals surface area contributed by atoms with Gasteiger partial charge in [-0.1, -0.05) is 6.92 Å². The molecule has 1 aliphatic rings. The molecule has 0 radical (unpaired) electrons. The lowest BCUT2D eigenvalue weighted by molar-refractivity contribution is -0.132. The highest BCUT2D eigenvalue weighted by atomic mass is 16.4. The number of aromatic carboxylic acids is 1. The predicted octanol–water partition coefficient (Wildman–Crippen LogP) is 0.330. The van der Waals surface area contributed by atoms with E-state index in [1.54, 1.807) is 11.8 Å². The Labute approximate surface area is 115 Å². The molecule has 1 saturated heterocycles. The van der Waals surface area contributed by atoms with E-state index < -0.39 is 12.0 Å². The zero-order chi connectivity index (χ0) is 14.9. The molecule has 1 fully saturated rings. The summed E-state index contributed by atoms with van der Waals surface area (Å²) in [4.78, 5) is 40.0. The average molecular weight is 277 g/mol. The summed E-state index contributed by atoms with van der Waals surface area (Å²) in [6.07, 6.45) is 0.528. The number of aryl methyl sites for hydroxylation is 1. The summed E-state index contributed by atoms with van der Waals surface area (Å²) in [6, 6.07) is 2.48. The third-order valence-electron chi connectivity index (χ3n) is 3.24. The van der Waals surface area contributed by atoms with Crippen LogP contribution in [0.25, 0.3) is 0 Å². The van der Waals surface area contributed by atoms with Crippen LogP contribution >= 0.6 is 0 Å². The number of carbonyl (C=O) groups excluding carboxylic acids is 2. The van der Waals surface area contributed by atoms with Crippen molar-refractivity contribution in [1.29, 1.82) is 0 Å². The maximum Gasteiger partial charge on any atom is 0.337 e. The smallest absolute Gasteiger partial charge is 0.337 e. The van der Waals surface area contributed by atoms with Crippen LogP contribution in [-0.2, 0) is 9.59 Å². The molecular formula is C13H15N3O4. The summed E-state index contributed by atoms with van der Waals surface area (Å²) < 4.78 is 0. The highest BCUT2D eigenvalue weighted by molar-refractivity contribution is 6.04. The second kappa shape index (κ2) is 5.28. The van der Waals surface area contributed by atoms with Gasteiger partial charge in [0.25, 0.3) is 0 Å². The van der Waals surface area contributed by atoms with Gasteiger partial charge in [0.05, 0.1) is 17.8 Å². The number of rotatable bonds is 3. The highest BCUT2D eigenvalue weighted by Crippen LogP contribution is 2.20. The quantitative estimate of drug-likeness (QED) is 0.772. The van der Waals surface area contributed by atoms with Crippen LogP contribution < -0.4 is 10.2 Å². The van der Waals surface area contributed by atoms with Crippen molar-refractivity contribution in [2.45, 2.75) is 26.3 Å². The van der Waals surface area contributed by atoms with E-state index in [0.29, 0.717) is 17.9 Å². The van der Waals surface area contributed by atoms with Crippen molar-refractivity contribution in [1.82, 2.24) is 10.3 Å². The fourth-order valence-corrected chi connectivity index (χ4v) is 2.25. The molecule has 7 heteroatoms. The lowest BCUT2D eigenvalue weighted by Crippen LogP contribution is -2.58. The number of carbonyl (C=O) groups is 3. The number of nitrogens with one attached hydrogen (secondary N) is 1. The predicted molar refractivity (Wildman–Crippen MR) is 70.5 cm³/mol. The number of amides is 2. The number of anilines is 1. The number of carboxylic acid groups (broad SMARTS) is 1. The molecule has 2 N–H and O–H groups in total. The van der Waals surface area contributed by atoms with Crippen LogP contribution in [0, 0.1) is 6.92 Å². The van der Waals surface area contributed by atoms with E-state index in [1.807, 2.05) is 6.92 Å². The van der Waals surface area contributed by atoms with Gasteiger partial charge in [-0.2, -0.15) is 0 Å². The van der Waals surface area contributed by atoms with Crippen molar-refractivity contribution < 1.29 is 19.5 Å². The first-order valence-corrected chi connectivity index (χ1v) is 6.25. The Morgan fingerprint density at radius 2 is 2.20 bits per heavy atom. The number of hydrogen-bond acceptors (Lipinski definition) is 5. The fourth-order valence-electron chi connectivity index (χ4n) is 2.25. The number of piperazine rings is 1. The molecule has 0 saturated carbocycles. The number of nitrogens with zero attached hydrogens (tertiary/aromatic N) is 2. The molecule has 0 aromatic carbocycles. The maximum absolute atomic E-state index is 11.8. The number of pyridine rings is 1. The van der Waals surface area contributed by atoms with Crippen molar-refractivity contribution in [2.24, 2.45) is 0 Å².